The van der Waals surface area contributed by atoms with Crippen molar-refractivity contribution in [3.8, 4) is 0 Å². The molecule has 0 saturated carbocycles. The molecule has 1 aromatic heterocycles. The lowest BCUT2D eigenvalue weighted by atomic mass is 9.77. The Hall–Kier alpha value is -1.92. The van der Waals surface area contributed by atoms with Crippen molar-refractivity contribution in [2.24, 2.45) is 5.41 Å². The summed E-state index contributed by atoms with van der Waals surface area (Å²) in [6, 6.07) is 6.22. The first-order valence-corrected chi connectivity index (χ1v) is 10.7. The molecule has 1 unspecified atom stereocenters. The van der Waals surface area contributed by atoms with E-state index in [1.54, 1.807) is 0 Å². The summed E-state index contributed by atoms with van der Waals surface area (Å²) >= 11 is 0. The molecular weight excluding hydrogens is 350 g/mol. The number of carbonyl (C=O) groups excluding carboxylic acids is 1. The van der Waals surface area contributed by atoms with Crippen LogP contribution in [0.15, 0.2) is 18.2 Å². The summed E-state index contributed by atoms with van der Waals surface area (Å²) in [6.07, 6.45) is 4.14. The number of H-pyrrole nitrogens is 1. The van der Waals surface area contributed by atoms with Gasteiger partial charge in [-0.05, 0) is 70.3 Å². The summed E-state index contributed by atoms with van der Waals surface area (Å²) in [4.78, 5) is 25.8. The first-order chi connectivity index (χ1) is 13.5. The number of likely N-dealkylation sites (tertiary alicyclic amines) is 1. The molecule has 2 N–H and O–H groups in total. The number of para-hydroxylation sites is 1. The third-order valence-corrected chi connectivity index (χ3v) is 6.77. The third kappa shape index (κ3) is 3.67. The molecule has 2 fully saturated rings. The Balaban J connectivity index is 1.41. The van der Waals surface area contributed by atoms with Crippen molar-refractivity contribution in [1.82, 2.24) is 25.1 Å². The highest BCUT2D eigenvalue weighted by Crippen LogP contribution is 2.41. The fraction of sp³-hybridized carbons (Fsp3) is 0.636. The van der Waals surface area contributed by atoms with Gasteiger partial charge >= 0.3 is 0 Å². The molecule has 152 valence electrons. The zero-order valence-electron chi connectivity index (χ0n) is 17.4. The molecule has 2 aliphatic rings. The summed E-state index contributed by atoms with van der Waals surface area (Å²) in [7, 11) is 2.12. The topological polar surface area (TPSA) is 64.3 Å². The molecule has 1 amide bonds. The molecule has 0 aliphatic carbocycles. The quantitative estimate of drug-likeness (QED) is 0.832. The van der Waals surface area contributed by atoms with E-state index < -0.39 is 0 Å². The third-order valence-electron chi connectivity index (χ3n) is 6.77. The number of carbonyl (C=O) groups is 1. The summed E-state index contributed by atoms with van der Waals surface area (Å²) in [5.74, 6) is 1.25. The molecular formula is C22H33N5O. The van der Waals surface area contributed by atoms with Gasteiger partial charge in [-0.25, -0.2) is 4.98 Å². The van der Waals surface area contributed by atoms with Crippen LogP contribution in [0.25, 0.3) is 11.0 Å². The average molecular weight is 384 g/mol. The minimum atomic E-state index is 0.0240. The lowest BCUT2D eigenvalue weighted by Gasteiger charge is -2.33. The summed E-state index contributed by atoms with van der Waals surface area (Å²) < 4.78 is 0. The van der Waals surface area contributed by atoms with Crippen molar-refractivity contribution in [3.63, 3.8) is 0 Å². The maximum Gasteiger partial charge on any atom is 0.239 e. The number of hydrogen-bond acceptors (Lipinski definition) is 4. The monoisotopic (exact) mass is 383 g/mol. The number of imidazole rings is 1. The molecule has 2 aromatic rings. The second-order valence-electron chi connectivity index (χ2n) is 8.71. The number of rotatable bonds is 5. The van der Waals surface area contributed by atoms with Crippen LogP contribution < -0.4 is 5.32 Å². The maximum absolute atomic E-state index is 13.3. The second kappa shape index (κ2) is 7.84. The van der Waals surface area contributed by atoms with E-state index in [-0.39, 0.29) is 11.9 Å². The van der Waals surface area contributed by atoms with Crippen LogP contribution in [-0.2, 0) is 11.2 Å². The molecule has 4 rings (SSSR count). The Kier molecular flexibility index (Phi) is 5.43. The Morgan fingerprint density at radius 1 is 1.36 bits per heavy atom. The van der Waals surface area contributed by atoms with Gasteiger partial charge in [0.2, 0.25) is 5.91 Å². The van der Waals surface area contributed by atoms with Gasteiger partial charge in [0.25, 0.3) is 0 Å². The van der Waals surface area contributed by atoms with E-state index in [0.29, 0.717) is 12.0 Å². The van der Waals surface area contributed by atoms with Crippen molar-refractivity contribution >= 4 is 16.9 Å². The van der Waals surface area contributed by atoms with E-state index in [4.69, 9.17) is 4.98 Å². The number of aromatic nitrogens is 2. The van der Waals surface area contributed by atoms with Crippen LogP contribution in [-0.4, -0.2) is 71.5 Å². The Morgan fingerprint density at radius 2 is 2.14 bits per heavy atom. The second-order valence-corrected chi connectivity index (χ2v) is 8.71. The molecule has 0 radical (unpaired) electrons. The summed E-state index contributed by atoms with van der Waals surface area (Å²) in [5.41, 5.74) is 3.63. The normalized spacial score (nSPS) is 22.2. The molecule has 6 heteroatoms. The van der Waals surface area contributed by atoms with Gasteiger partial charge in [0.05, 0.1) is 17.1 Å². The van der Waals surface area contributed by atoms with E-state index >= 15 is 0 Å². The molecule has 0 bridgehead atoms. The zero-order chi connectivity index (χ0) is 19.7. The lowest BCUT2D eigenvalue weighted by Crippen LogP contribution is -2.45. The number of benzene rings is 1. The van der Waals surface area contributed by atoms with Crippen molar-refractivity contribution < 1.29 is 4.79 Å². The number of aryl methyl sites for hydroxylation is 1. The number of nitrogens with one attached hydrogen (secondary N) is 2. The van der Waals surface area contributed by atoms with Crippen LogP contribution in [0.4, 0.5) is 0 Å². The number of aromatic amines is 1. The van der Waals surface area contributed by atoms with Crippen molar-refractivity contribution in [1.29, 1.82) is 0 Å². The van der Waals surface area contributed by atoms with Crippen LogP contribution in [0.3, 0.4) is 0 Å². The predicted octanol–water partition coefficient (Wildman–Crippen LogP) is 2.34. The van der Waals surface area contributed by atoms with Crippen LogP contribution in [0.5, 0.6) is 0 Å². The molecule has 1 atom stereocenters. The molecule has 2 saturated heterocycles. The van der Waals surface area contributed by atoms with Crippen molar-refractivity contribution in [3.05, 3.63) is 29.6 Å². The number of piperidine rings is 1. The molecule has 3 heterocycles. The molecule has 2 aliphatic heterocycles. The standard InChI is InChI=1S/C22H33N5O/c1-4-27(13-8-19-24-17-7-5-6-16(2)20(17)25-19)21(28)18-14-22(15-26(18)3)9-11-23-12-10-22/h5-7,18,23H,4,8-15H2,1-3H3,(H,24,25). The molecule has 1 aromatic carbocycles. The van der Waals surface area contributed by atoms with Crippen molar-refractivity contribution in [2.45, 2.75) is 45.6 Å². The molecule has 6 nitrogen and oxygen atoms in total. The van der Waals surface area contributed by atoms with Gasteiger partial charge in [0.15, 0.2) is 0 Å². The minimum absolute atomic E-state index is 0.0240. The minimum Gasteiger partial charge on any atom is -0.342 e. The van der Waals surface area contributed by atoms with Gasteiger partial charge in [0, 0.05) is 26.1 Å². The fourth-order valence-corrected chi connectivity index (χ4v) is 5.09. The van der Waals surface area contributed by atoms with E-state index in [1.807, 2.05) is 11.0 Å². The number of amides is 1. The van der Waals surface area contributed by atoms with Gasteiger partial charge in [0.1, 0.15) is 5.82 Å². The van der Waals surface area contributed by atoms with Gasteiger partial charge in [-0.3, -0.25) is 9.69 Å². The smallest absolute Gasteiger partial charge is 0.239 e. The zero-order valence-corrected chi connectivity index (χ0v) is 17.4. The maximum atomic E-state index is 13.3. The highest BCUT2D eigenvalue weighted by Gasteiger charge is 2.46. The van der Waals surface area contributed by atoms with E-state index in [9.17, 15) is 4.79 Å². The molecule has 28 heavy (non-hydrogen) atoms. The predicted molar refractivity (Wildman–Crippen MR) is 112 cm³/mol. The first-order valence-electron chi connectivity index (χ1n) is 10.7. The van der Waals surface area contributed by atoms with E-state index in [1.165, 1.54) is 18.4 Å². The Labute approximate surface area is 167 Å². The van der Waals surface area contributed by atoms with Crippen LogP contribution in [0.2, 0.25) is 0 Å². The largest absolute Gasteiger partial charge is 0.342 e. The van der Waals surface area contributed by atoms with E-state index in [0.717, 1.165) is 55.9 Å². The number of hydrogen-bond donors (Lipinski definition) is 2. The first kappa shape index (κ1) is 19.4. The highest BCUT2D eigenvalue weighted by molar-refractivity contribution is 5.82. The van der Waals surface area contributed by atoms with Crippen LogP contribution in [0.1, 0.15) is 37.6 Å². The van der Waals surface area contributed by atoms with Gasteiger partial charge < -0.3 is 15.2 Å². The number of likely N-dealkylation sites (N-methyl/N-ethyl adjacent to an activating group) is 2. The lowest BCUT2D eigenvalue weighted by molar-refractivity contribution is -0.135. The molecule has 1 spiro atoms. The van der Waals surface area contributed by atoms with Crippen LogP contribution in [0, 0.1) is 12.3 Å². The Morgan fingerprint density at radius 3 is 2.86 bits per heavy atom. The highest BCUT2D eigenvalue weighted by atomic mass is 16.2. The number of fused-ring (bicyclic) bond motifs is 1. The van der Waals surface area contributed by atoms with Gasteiger partial charge in [-0.15, -0.1) is 0 Å². The Bertz CT molecular complexity index is 839. The summed E-state index contributed by atoms with van der Waals surface area (Å²) in [5, 5.41) is 3.46. The fourth-order valence-electron chi connectivity index (χ4n) is 5.09. The van der Waals surface area contributed by atoms with Gasteiger partial charge in [-0.1, -0.05) is 12.1 Å². The summed E-state index contributed by atoms with van der Waals surface area (Å²) in [6.45, 7) is 8.84. The average Bonchev–Trinajstić information content (AvgIpc) is 3.24. The van der Waals surface area contributed by atoms with Crippen molar-refractivity contribution in [2.75, 3.05) is 39.8 Å². The number of nitrogens with zero attached hydrogens (tertiary/aromatic N) is 3. The van der Waals surface area contributed by atoms with Crippen LogP contribution >= 0.6 is 0 Å². The van der Waals surface area contributed by atoms with E-state index in [2.05, 4.69) is 48.2 Å². The van der Waals surface area contributed by atoms with Gasteiger partial charge in [-0.2, -0.15) is 0 Å². The SMILES string of the molecule is CCN(CCc1nc2c(C)cccc2[nH]1)C(=O)C1CC2(CCNCC2)CN1C.